The Morgan fingerprint density at radius 2 is 1.62 bits per heavy atom. The van der Waals surface area contributed by atoms with Crippen LogP contribution >= 0.6 is 0 Å². The number of carbonyl (C=O) groups excluding carboxylic acids is 1. The Hall–Kier alpha value is -2.93. The van der Waals surface area contributed by atoms with Gasteiger partial charge in [-0.2, -0.15) is 0 Å². The number of hydrogen-bond acceptors (Lipinski definition) is 7. The zero-order valence-electron chi connectivity index (χ0n) is 19.7. The van der Waals surface area contributed by atoms with E-state index in [9.17, 15) is 9.90 Å². The third-order valence-electron chi connectivity index (χ3n) is 5.32. The van der Waals surface area contributed by atoms with Crippen molar-refractivity contribution in [2.45, 2.75) is 39.2 Å². The van der Waals surface area contributed by atoms with Crippen molar-refractivity contribution in [3.8, 4) is 23.0 Å². The number of nitrogens with zero attached hydrogens (tertiary/aromatic N) is 1. The first-order valence-corrected chi connectivity index (χ1v) is 10.9. The minimum absolute atomic E-state index is 0.278. The van der Waals surface area contributed by atoms with Crippen molar-refractivity contribution in [1.82, 2.24) is 4.90 Å². The fourth-order valence-corrected chi connectivity index (χ4v) is 3.66. The molecule has 7 nitrogen and oxygen atoms in total. The Balaban J connectivity index is 1.90. The Morgan fingerprint density at radius 3 is 2.16 bits per heavy atom. The van der Waals surface area contributed by atoms with E-state index in [1.54, 1.807) is 24.3 Å². The van der Waals surface area contributed by atoms with Crippen LogP contribution in [0.3, 0.4) is 0 Å². The molecule has 1 unspecified atom stereocenters. The molecule has 0 aliphatic carbocycles. The SMILES string of the molecule is CCCN(CCCOC(=O)c1cc(OC)c(OC)c(OC)c1)C(C)Cc1ccc(O)cc1. The molecule has 0 saturated heterocycles. The number of methoxy groups -OCH3 is 3. The van der Waals surface area contributed by atoms with E-state index < -0.39 is 5.97 Å². The molecule has 0 aliphatic heterocycles. The molecule has 32 heavy (non-hydrogen) atoms. The third-order valence-corrected chi connectivity index (χ3v) is 5.32. The van der Waals surface area contributed by atoms with Gasteiger partial charge in [-0.3, -0.25) is 0 Å². The molecule has 0 fully saturated rings. The van der Waals surface area contributed by atoms with Gasteiger partial charge < -0.3 is 29.0 Å². The van der Waals surface area contributed by atoms with Gasteiger partial charge in [0.15, 0.2) is 11.5 Å². The maximum absolute atomic E-state index is 12.5. The van der Waals surface area contributed by atoms with Gasteiger partial charge in [0.1, 0.15) is 5.75 Å². The van der Waals surface area contributed by atoms with Crippen molar-refractivity contribution in [3.05, 3.63) is 47.5 Å². The second kappa shape index (κ2) is 12.8. The van der Waals surface area contributed by atoms with Crippen LogP contribution in [0.25, 0.3) is 0 Å². The van der Waals surface area contributed by atoms with E-state index >= 15 is 0 Å². The highest BCUT2D eigenvalue weighted by Crippen LogP contribution is 2.38. The monoisotopic (exact) mass is 445 g/mol. The standard InChI is InChI=1S/C25H35NO6/c1-6-12-26(18(2)15-19-8-10-21(27)11-9-19)13-7-14-32-25(28)20-16-22(29-3)24(31-5)23(17-20)30-4/h8-11,16-18,27H,6-7,12-15H2,1-5H3. The van der Waals surface area contributed by atoms with Gasteiger partial charge in [0, 0.05) is 12.6 Å². The fraction of sp³-hybridized carbons (Fsp3) is 0.480. The molecular formula is C25H35NO6. The largest absolute Gasteiger partial charge is 0.508 e. The van der Waals surface area contributed by atoms with Crippen molar-refractivity contribution in [2.75, 3.05) is 41.0 Å². The zero-order valence-corrected chi connectivity index (χ0v) is 19.7. The first-order valence-electron chi connectivity index (χ1n) is 10.9. The van der Waals surface area contributed by atoms with E-state index in [0.29, 0.717) is 35.5 Å². The van der Waals surface area contributed by atoms with Crippen LogP contribution in [0, 0.1) is 0 Å². The van der Waals surface area contributed by atoms with Crippen LogP contribution in [0.4, 0.5) is 0 Å². The molecule has 0 aromatic heterocycles. The summed E-state index contributed by atoms with van der Waals surface area (Å²) in [5.74, 6) is 1.11. The Bertz CT molecular complexity index is 827. The number of benzene rings is 2. The molecular weight excluding hydrogens is 410 g/mol. The van der Waals surface area contributed by atoms with Gasteiger partial charge in [0.2, 0.25) is 5.75 Å². The molecule has 0 radical (unpaired) electrons. The minimum atomic E-state index is -0.427. The number of rotatable bonds is 13. The molecule has 2 aromatic rings. The number of esters is 1. The summed E-state index contributed by atoms with van der Waals surface area (Å²) >= 11 is 0. The molecule has 0 bridgehead atoms. The highest BCUT2D eigenvalue weighted by Gasteiger charge is 2.18. The van der Waals surface area contributed by atoms with E-state index in [4.69, 9.17) is 18.9 Å². The molecule has 1 N–H and O–H groups in total. The molecule has 0 spiro atoms. The fourth-order valence-electron chi connectivity index (χ4n) is 3.66. The zero-order chi connectivity index (χ0) is 23.5. The molecule has 0 saturated carbocycles. The van der Waals surface area contributed by atoms with Crippen molar-refractivity contribution >= 4 is 5.97 Å². The van der Waals surface area contributed by atoms with Crippen LogP contribution in [0.15, 0.2) is 36.4 Å². The molecule has 0 heterocycles. The van der Waals surface area contributed by atoms with E-state index in [0.717, 1.165) is 32.4 Å². The summed E-state index contributed by atoms with van der Waals surface area (Å²) in [6.45, 7) is 6.48. The van der Waals surface area contributed by atoms with Crippen LogP contribution in [-0.4, -0.2) is 63.0 Å². The lowest BCUT2D eigenvalue weighted by Gasteiger charge is -2.29. The summed E-state index contributed by atoms with van der Waals surface area (Å²) in [6.07, 6.45) is 2.67. The lowest BCUT2D eigenvalue weighted by Crippen LogP contribution is -2.36. The first-order chi connectivity index (χ1) is 15.4. The van der Waals surface area contributed by atoms with E-state index in [1.807, 2.05) is 12.1 Å². The van der Waals surface area contributed by atoms with Crippen LogP contribution < -0.4 is 14.2 Å². The van der Waals surface area contributed by atoms with Crippen LogP contribution in [-0.2, 0) is 11.2 Å². The Kier molecular flexibility index (Phi) is 10.1. The molecule has 176 valence electrons. The highest BCUT2D eigenvalue weighted by atomic mass is 16.5. The van der Waals surface area contributed by atoms with E-state index in [-0.39, 0.29) is 5.75 Å². The van der Waals surface area contributed by atoms with Crippen LogP contribution in [0.5, 0.6) is 23.0 Å². The molecule has 2 aromatic carbocycles. The Morgan fingerprint density at radius 1 is 1.00 bits per heavy atom. The molecule has 7 heteroatoms. The van der Waals surface area contributed by atoms with Crippen LogP contribution in [0.1, 0.15) is 42.6 Å². The third kappa shape index (κ3) is 7.05. The van der Waals surface area contributed by atoms with Gasteiger partial charge >= 0.3 is 5.97 Å². The average molecular weight is 446 g/mol. The predicted molar refractivity (Wildman–Crippen MR) is 124 cm³/mol. The molecule has 1 atom stereocenters. The molecule has 0 aliphatic rings. The molecule has 2 rings (SSSR count). The van der Waals surface area contributed by atoms with Gasteiger partial charge in [-0.05, 0) is 62.6 Å². The van der Waals surface area contributed by atoms with Crippen LogP contribution in [0.2, 0.25) is 0 Å². The van der Waals surface area contributed by atoms with Gasteiger partial charge in [0.25, 0.3) is 0 Å². The van der Waals surface area contributed by atoms with E-state index in [2.05, 4.69) is 18.7 Å². The topological polar surface area (TPSA) is 77.5 Å². The summed E-state index contributed by atoms with van der Waals surface area (Å²) in [7, 11) is 4.53. The van der Waals surface area contributed by atoms with Gasteiger partial charge in [-0.15, -0.1) is 0 Å². The average Bonchev–Trinajstić information content (AvgIpc) is 2.81. The summed E-state index contributed by atoms with van der Waals surface area (Å²) in [5, 5.41) is 9.47. The van der Waals surface area contributed by atoms with Gasteiger partial charge in [-0.25, -0.2) is 4.79 Å². The smallest absolute Gasteiger partial charge is 0.338 e. The predicted octanol–water partition coefficient (Wildman–Crippen LogP) is 4.31. The van der Waals surface area contributed by atoms with Gasteiger partial charge in [-0.1, -0.05) is 19.1 Å². The summed E-state index contributed by atoms with van der Waals surface area (Å²) < 4.78 is 21.4. The number of carbonyl (C=O) groups is 1. The lowest BCUT2D eigenvalue weighted by molar-refractivity contribution is 0.0481. The minimum Gasteiger partial charge on any atom is -0.508 e. The normalized spacial score (nSPS) is 11.8. The second-order valence-corrected chi connectivity index (χ2v) is 7.66. The van der Waals surface area contributed by atoms with Gasteiger partial charge in [0.05, 0.1) is 33.5 Å². The summed E-state index contributed by atoms with van der Waals surface area (Å²) in [4.78, 5) is 14.9. The lowest BCUT2D eigenvalue weighted by atomic mass is 10.1. The Labute approximate surface area is 190 Å². The second-order valence-electron chi connectivity index (χ2n) is 7.66. The number of aromatic hydroxyl groups is 1. The number of phenolic OH excluding ortho intramolecular Hbond substituents is 1. The maximum Gasteiger partial charge on any atom is 0.338 e. The number of phenols is 1. The highest BCUT2D eigenvalue weighted by molar-refractivity contribution is 5.91. The van der Waals surface area contributed by atoms with Crippen molar-refractivity contribution in [1.29, 1.82) is 0 Å². The van der Waals surface area contributed by atoms with E-state index in [1.165, 1.54) is 26.9 Å². The first kappa shape index (κ1) is 25.3. The summed E-state index contributed by atoms with van der Waals surface area (Å²) in [6, 6.07) is 10.9. The number of ether oxygens (including phenoxy) is 4. The van der Waals surface area contributed by atoms with Crippen molar-refractivity contribution in [3.63, 3.8) is 0 Å². The van der Waals surface area contributed by atoms with Crippen molar-refractivity contribution in [2.24, 2.45) is 0 Å². The summed E-state index contributed by atoms with van der Waals surface area (Å²) in [5.41, 5.74) is 1.54. The maximum atomic E-state index is 12.5. The quantitative estimate of drug-likeness (QED) is 0.364. The molecule has 0 amide bonds. The van der Waals surface area contributed by atoms with Crippen molar-refractivity contribution < 1.29 is 28.8 Å². The number of hydrogen-bond donors (Lipinski definition) is 1.